The van der Waals surface area contributed by atoms with Crippen LogP contribution in [-0.4, -0.2) is 50.6 Å². The van der Waals surface area contributed by atoms with Gasteiger partial charge >= 0.3 is 0 Å². The van der Waals surface area contributed by atoms with Crippen LogP contribution in [-0.2, 0) is 6.42 Å². The van der Waals surface area contributed by atoms with E-state index in [1.54, 1.807) is 0 Å². The van der Waals surface area contributed by atoms with Crippen molar-refractivity contribution in [2.75, 3.05) is 39.8 Å². The van der Waals surface area contributed by atoms with Gasteiger partial charge in [0.05, 0.1) is 0 Å². The zero-order valence-electron chi connectivity index (χ0n) is 15.6. The molecular weight excluding hydrogens is 316 g/mol. The molecule has 1 fully saturated rings. The third-order valence-electron chi connectivity index (χ3n) is 4.72. The maximum Gasteiger partial charge on any atom is 0.191 e. The largest absolute Gasteiger partial charge is 0.357 e. The van der Waals surface area contributed by atoms with Crippen molar-refractivity contribution in [3.8, 4) is 0 Å². The number of piperidine rings is 1. The molecule has 1 aliphatic rings. The summed E-state index contributed by atoms with van der Waals surface area (Å²) in [5.74, 6) is 2.42. The van der Waals surface area contributed by atoms with Gasteiger partial charge in [-0.1, -0.05) is 13.0 Å². The number of hydrogen-bond acceptors (Lipinski definition) is 3. The third-order valence-corrected chi connectivity index (χ3v) is 5.62. The lowest BCUT2D eigenvalue weighted by Gasteiger charge is -2.29. The molecule has 136 valence electrons. The van der Waals surface area contributed by atoms with Gasteiger partial charge in [-0.05, 0) is 76.0 Å². The summed E-state index contributed by atoms with van der Waals surface area (Å²) >= 11 is 1.84. The first-order valence-corrected chi connectivity index (χ1v) is 10.3. The number of nitrogens with zero attached hydrogens (tertiary/aromatic N) is 2. The van der Waals surface area contributed by atoms with Crippen LogP contribution in [0.2, 0.25) is 0 Å². The molecular formula is C19H34N4S. The first-order chi connectivity index (χ1) is 11.7. The molecule has 1 aliphatic heterocycles. The highest BCUT2D eigenvalue weighted by Gasteiger charge is 2.16. The molecule has 2 heterocycles. The molecule has 0 spiro atoms. The summed E-state index contributed by atoms with van der Waals surface area (Å²) in [6, 6.07) is 4.35. The molecule has 1 aromatic rings. The fourth-order valence-electron chi connectivity index (χ4n) is 3.17. The number of nitrogens with one attached hydrogen (secondary N) is 2. The first kappa shape index (κ1) is 19.3. The number of likely N-dealkylation sites (tertiary alicyclic amines) is 1. The Morgan fingerprint density at radius 2 is 2.17 bits per heavy atom. The molecule has 4 nitrogen and oxygen atoms in total. The van der Waals surface area contributed by atoms with E-state index in [9.17, 15) is 0 Å². The molecule has 0 aromatic carbocycles. The second-order valence-electron chi connectivity index (χ2n) is 7.07. The minimum absolute atomic E-state index is 0.577. The summed E-state index contributed by atoms with van der Waals surface area (Å²) in [6.07, 6.45) is 5.05. The summed E-state index contributed by atoms with van der Waals surface area (Å²) in [5.41, 5.74) is 0. The Balaban J connectivity index is 1.69. The normalized spacial score (nSPS) is 18.5. The Labute approximate surface area is 151 Å². The van der Waals surface area contributed by atoms with Gasteiger partial charge in [-0.25, -0.2) is 0 Å². The summed E-state index contributed by atoms with van der Waals surface area (Å²) in [4.78, 5) is 8.67. The monoisotopic (exact) mass is 350 g/mol. The molecule has 5 heteroatoms. The lowest BCUT2D eigenvalue weighted by Crippen LogP contribution is -2.39. The van der Waals surface area contributed by atoms with Crippen LogP contribution in [0.3, 0.4) is 0 Å². The average molecular weight is 351 g/mol. The van der Waals surface area contributed by atoms with Gasteiger partial charge in [-0.2, -0.15) is 0 Å². The summed E-state index contributed by atoms with van der Waals surface area (Å²) < 4.78 is 0. The van der Waals surface area contributed by atoms with Gasteiger partial charge in [0.1, 0.15) is 0 Å². The van der Waals surface area contributed by atoms with Crippen LogP contribution in [0.15, 0.2) is 22.5 Å². The maximum absolute atomic E-state index is 4.78. The second-order valence-corrected chi connectivity index (χ2v) is 8.10. The van der Waals surface area contributed by atoms with Crippen LogP contribution in [0.5, 0.6) is 0 Å². The van der Waals surface area contributed by atoms with E-state index < -0.39 is 0 Å². The smallest absolute Gasteiger partial charge is 0.191 e. The standard InChI is InChI=1S/C19H34N4S/c1-4-20-19(21-10-7-17-8-11-23(3)12-9-17)22-15-16(2)14-18-6-5-13-24-18/h5-6,13,16-17H,4,7-12,14-15H2,1-3H3,(H2,20,21,22). The highest BCUT2D eigenvalue weighted by molar-refractivity contribution is 7.09. The summed E-state index contributed by atoms with van der Waals surface area (Å²) in [5, 5.41) is 9.05. The van der Waals surface area contributed by atoms with Crippen molar-refractivity contribution in [2.45, 2.75) is 39.5 Å². The Hall–Kier alpha value is -1.07. The molecule has 0 saturated carbocycles. The average Bonchev–Trinajstić information content (AvgIpc) is 3.07. The molecule has 0 aliphatic carbocycles. The van der Waals surface area contributed by atoms with E-state index in [2.05, 4.69) is 53.9 Å². The van der Waals surface area contributed by atoms with Crippen molar-refractivity contribution < 1.29 is 0 Å². The summed E-state index contributed by atoms with van der Waals surface area (Å²) in [7, 11) is 2.22. The molecule has 0 radical (unpaired) electrons. The number of guanidine groups is 1. The minimum Gasteiger partial charge on any atom is -0.357 e. The molecule has 1 unspecified atom stereocenters. The van der Waals surface area contributed by atoms with Crippen molar-refractivity contribution in [3.05, 3.63) is 22.4 Å². The van der Waals surface area contributed by atoms with Crippen LogP contribution in [0, 0.1) is 11.8 Å². The number of thiophene rings is 1. The Morgan fingerprint density at radius 3 is 2.83 bits per heavy atom. The first-order valence-electron chi connectivity index (χ1n) is 9.40. The highest BCUT2D eigenvalue weighted by Crippen LogP contribution is 2.18. The van der Waals surface area contributed by atoms with Crippen LogP contribution >= 0.6 is 11.3 Å². The fraction of sp³-hybridized carbons (Fsp3) is 0.737. The van der Waals surface area contributed by atoms with Gasteiger partial charge in [0.25, 0.3) is 0 Å². The maximum atomic E-state index is 4.78. The van der Waals surface area contributed by atoms with Crippen molar-refractivity contribution in [2.24, 2.45) is 16.8 Å². The van der Waals surface area contributed by atoms with Gasteiger partial charge in [0.15, 0.2) is 5.96 Å². The van der Waals surface area contributed by atoms with Crippen LogP contribution < -0.4 is 10.6 Å². The fourth-order valence-corrected chi connectivity index (χ4v) is 4.04. The number of hydrogen-bond donors (Lipinski definition) is 2. The van der Waals surface area contributed by atoms with Crippen molar-refractivity contribution in [1.82, 2.24) is 15.5 Å². The van der Waals surface area contributed by atoms with Crippen LogP contribution in [0.4, 0.5) is 0 Å². The van der Waals surface area contributed by atoms with Crippen LogP contribution in [0.25, 0.3) is 0 Å². The molecule has 24 heavy (non-hydrogen) atoms. The molecule has 1 saturated heterocycles. The predicted octanol–water partition coefficient (Wildman–Crippen LogP) is 3.21. The summed E-state index contributed by atoms with van der Waals surface area (Å²) in [6.45, 7) is 9.73. The Morgan fingerprint density at radius 1 is 1.38 bits per heavy atom. The van der Waals surface area contributed by atoms with E-state index in [0.717, 1.165) is 37.9 Å². The predicted molar refractivity (Wildman–Crippen MR) is 106 cm³/mol. The Kier molecular flexibility index (Phi) is 8.60. The quantitative estimate of drug-likeness (QED) is 0.559. The van der Waals surface area contributed by atoms with Gasteiger partial charge in [-0.3, -0.25) is 4.99 Å². The van der Waals surface area contributed by atoms with Gasteiger partial charge in [0.2, 0.25) is 0 Å². The molecule has 0 bridgehead atoms. The van der Waals surface area contributed by atoms with Gasteiger partial charge < -0.3 is 15.5 Å². The van der Waals surface area contributed by atoms with E-state index in [1.165, 1.54) is 37.2 Å². The zero-order chi connectivity index (χ0) is 17.2. The number of rotatable bonds is 8. The van der Waals surface area contributed by atoms with E-state index in [0.29, 0.717) is 5.92 Å². The zero-order valence-corrected chi connectivity index (χ0v) is 16.4. The van der Waals surface area contributed by atoms with Crippen molar-refractivity contribution in [3.63, 3.8) is 0 Å². The van der Waals surface area contributed by atoms with Gasteiger partial charge in [0, 0.05) is 24.5 Å². The highest BCUT2D eigenvalue weighted by atomic mass is 32.1. The topological polar surface area (TPSA) is 39.7 Å². The van der Waals surface area contributed by atoms with Crippen molar-refractivity contribution in [1.29, 1.82) is 0 Å². The van der Waals surface area contributed by atoms with E-state index in [1.807, 2.05) is 11.3 Å². The molecule has 2 N–H and O–H groups in total. The van der Waals surface area contributed by atoms with Gasteiger partial charge in [-0.15, -0.1) is 11.3 Å². The SMILES string of the molecule is CCNC(=NCC(C)Cc1cccs1)NCCC1CCN(C)CC1. The minimum atomic E-state index is 0.577. The van der Waals surface area contributed by atoms with Crippen molar-refractivity contribution >= 4 is 17.3 Å². The van der Waals surface area contributed by atoms with E-state index in [4.69, 9.17) is 4.99 Å². The Bertz CT molecular complexity index is 464. The lowest BCUT2D eigenvalue weighted by atomic mass is 9.94. The second kappa shape index (κ2) is 10.7. The molecule has 1 atom stereocenters. The lowest BCUT2D eigenvalue weighted by molar-refractivity contribution is 0.213. The molecule has 1 aromatic heterocycles. The number of aliphatic imine (C=N–C) groups is 1. The molecule has 2 rings (SSSR count). The molecule has 0 amide bonds. The van der Waals surface area contributed by atoms with E-state index in [-0.39, 0.29) is 0 Å². The third kappa shape index (κ3) is 7.22. The van der Waals surface area contributed by atoms with E-state index >= 15 is 0 Å². The van der Waals surface area contributed by atoms with Crippen LogP contribution in [0.1, 0.15) is 38.0 Å².